The molecule has 0 spiro atoms. The van der Waals surface area contributed by atoms with Gasteiger partial charge >= 0.3 is 0 Å². The number of benzene rings is 2. The van der Waals surface area contributed by atoms with Crippen LogP contribution in [-0.4, -0.2) is 0 Å². The molecule has 16 heavy (non-hydrogen) atoms. The number of rotatable bonds is 1. The Morgan fingerprint density at radius 3 is 1.06 bits per heavy atom. The van der Waals surface area contributed by atoms with E-state index in [-0.39, 0.29) is 0 Å². The van der Waals surface area contributed by atoms with Crippen molar-refractivity contribution in [1.82, 2.24) is 0 Å². The zero-order valence-corrected chi connectivity index (χ0v) is 10.3. The molecule has 2 aromatic rings. The van der Waals surface area contributed by atoms with Crippen LogP contribution < -0.4 is 0 Å². The van der Waals surface area contributed by atoms with Crippen LogP contribution in [0.5, 0.6) is 0 Å². The summed E-state index contributed by atoms with van der Waals surface area (Å²) in [5.41, 5.74) is 7.86. The second kappa shape index (κ2) is 4.13. The highest BCUT2D eigenvalue weighted by atomic mass is 14.1. The van der Waals surface area contributed by atoms with E-state index in [1.165, 1.54) is 33.4 Å². The van der Waals surface area contributed by atoms with E-state index < -0.39 is 0 Å². The third-order valence-corrected chi connectivity index (χ3v) is 3.03. The molecule has 0 N–H and O–H groups in total. The Labute approximate surface area is 97.9 Å². The summed E-state index contributed by atoms with van der Waals surface area (Å²) in [7, 11) is 0. The molecule has 0 fully saturated rings. The van der Waals surface area contributed by atoms with Gasteiger partial charge in [0.15, 0.2) is 0 Å². The molecular weight excluding hydrogens is 192 g/mol. The molecular formula is C16H16. The Hall–Kier alpha value is -1.56. The second-order valence-electron chi connectivity index (χ2n) is 4.39. The molecule has 0 saturated heterocycles. The van der Waals surface area contributed by atoms with Gasteiger partial charge in [-0.25, -0.2) is 0 Å². The molecule has 0 amide bonds. The van der Waals surface area contributed by atoms with Crippen molar-refractivity contribution in [3.8, 4) is 11.1 Å². The first-order valence-electron chi connectivity index (χ1n) is 5.56. The lowest BCUT2D eigenvalue weighted by molar-refractivity contribution is 1.31. The maximum absolute atomic E-state index is 3.17. The van der Waals surface area contributed by atoms with Crippen LogP contribution in [-0.2, 0) is 0 Å². The molecule has 80 valence electrons. The Kier molecular flexibility index (Phi) is 2.82. The summed E-state index contributed by atoms with van der Waals surface area (Å²) in [6.45, 7) is 8.59. The lowest BCUT2D eigenvalue weighted by Crippen LogP contribution is -1.93. The second-order valence-corrected chi connectivity index (χ2v) is 4.39. The third-order valence-electron chi connectivity index (χ3n) is 3.03. The maximum atomic E-state index is 3.17. The van der Waals surface area contributed by atoms with Gasteiger partial charge in [0.25, 0.3) is 0 Å². The van der Waals surface area contributed by atoms with E-state index in [0.29, 0.717) is 0 Å². The van der Waals surface area contributed by atoms with E-state index in [0.717, 1.165) is 0 Å². The molecule has 0 aliphatic heterocycles. The van der Waals surface area contributed by atoms with Crippen LogP contribution in [0.15, 0.2) is 24.3 Å². The van der Waals surface area contributed by atoms with Crippen molar-refractivity contribution in [3.05, 3.63) is 58.7 Å². The summed E-state index contributed by atoms with van der Waals surface area (Å²) in [4.78, 5) is 0. The van der Waals surface area contributed by atoms with Crippen LogP contribution >= 0.6 is 0 Å². The lowest BCUT2D eigenvalue weighted by Gasteiger charge is -2.14. The summed E-state index contributed by atoms with van der Waals surface area (Å²) < 4.78 is 0. The third kappa shape index (κ3) is 1.76. The van der Waals surface area contributed by atoms with Gasteiger partial charge in [-0.3, -0.25) is 0 Å². The molecule has 0 nitrogen and oxygen atoms in total. The van der Waals surface area contributed by atoms with Gasteiger partial charge < -0.3 is 0 Å². The first-order valence-corrected chi connectivity index (χ1v) is 5.56. The molecule has 0 saturated carbocycles. The minimum Gasteiger partial charge on any atom is -0.0508 e. The minimum atomic E-state index is 1.29. The normalized spacial score (nSPS) is 10.5. The fourth-order valence-electron chi connectivity index (χ4n) is 2.28. The molecule has 2 rings (SSSR count). The topological polar surface area (TPSA) is 0 Å². The highest BCUT2D eigenvalue weighted by Gasteiger charge is 2.10. The van der Waals surface area contributed by atoms with Crippen LogP contribution in [0.25, 0.3) is 11.1 Å². The van der Waals surface area contributed by atoms with Gasteiger partial charge in [-0.05, 0) is 73.2 Å². The van der Waals surface area contributed by atoms with Crippen molar-refractivity contribution in [2.24, 2.45) is 0 Å². The SMILES string of the molecule is Cc1c[c]cc(C)c1-c1c(C)c[c]cc1C. The van der Waals surface area contributed by atoms with Crippen LogP contribution in [0.3, 0.4) is 0 Å². The van der Waals surface area contributed by atoms with Crippen molar-refractivity contribution in [2.75, 3.05) is 0 Å². The molecule has 0 heteroatoms. The summed E-state index contributed by atoms with van der Waals surface area (Å²) in [6.07, 6.45) is 0. The largest absolute Gasteiger partial charge is 0.0508 e. The summed E-state index contributed by atoms with van der Waals surface area (Å²) in [5.74, 6) is 0. The van der Waals surface area contributed by atoms with Crippen LogP contribution in [0.2, 0.25) is 0 Å². The van der Waals surface area contributed by atoms with Crippen molar-refractivity contribution in [1.29, 1.82) is 0 Å². The van der Waals surface area contributed by atoms with Gasteiger partial charge in [-0.15, -0.1) is 0 Å². The Balaban J connectivity index is 2.77. The van der Waals surface area contributed by atoms with Crippen LogP contribution in [0, 0.1) is 39.8 Å². The predicted octanol–water partition coefficient (Wildman–Crippen LogP) is 4.19. The van der Waals surface area contributed by atoms with Gasteiger partial charge in [0.1, 0.15) is 0 Å². The molecule has 0 atom stereocenters. The summed E-state index contributed by atoms with van der Waals surface area (Å²) >= 11 is 0. The Morgan fingerprint density at radius 2 is 0.812 bits per heavy atom. The molecule has 0 heterocycles. The molecule has 0 aliphatic carbocycles. The van der Waals surface area contributed by atoms with Gasteiger partial charge in [0, 0.05) is 0 Å². The first kappa shape index (κ1) is 10.9. The zero-order valence-electron chi connectivity index (χ0n) is 10.3. The molecule has 0 aromatic heterocycles. The molecule has 2 aromatic carbocycles. The van der Waals surface area contributed by atoms with Crippen molar-refractivity contribution in [2.45, 2.75) is 27.7 Å². The average Bonchev–Trinajstić information content (AvgIpc) is 2.21. The number of hydrogen-bond acceptors (Lipinski definition) is 0. The highest BCUT2D eigenvalue weighted by molar-refractivity contribution is 5.76. The van der Waals surface area contributed by atoms with Crippen LogP contribution in [0.1, 0.15) is 22.3 Å². The smallest absolute Gasteiger partial charge is 0.0120 e. The minimum absolute atomic E-state index is 1.29. The monoisotopic (exact) mass is 208 g/mol. The molecule has 0 unspecified atom stereocenters. The van der Waals surface area contributed by atoms with Crippen molar-refractivity contribution in [3.63, 3.8) is 0 Å². The fraction of sp³-hybridized carbons (Fsp3) is 0.250. The highest BCUT2D eigenvalue weighted by Crippen LogP contribution is 2.31. The van der Waals surface area contributed by atoms with Gasteiger partial charge in [0.2, 0.25) is 0 Å². The molecule has 0 bridgehead atoms. The molecule has 0 aliphatic rings. The summed E-state index contributed by atoms with van der Waals surface area (Å²) in [6, 6.07) is 14.6. The van der Waals surface area contributed by atoms with Gasteiger partial charge in [0.05, 0.1) is 0 Å². The van der Waals surface area contributed by atoms with Crippen molar-refractivity contribution < 1.29 is 0 Å². The van der Waals surface area contributed by atoms with E-state index in [1.807, 2.05) is 0 Å². The average molecular weight is 208 g/mol. The first-order chi connectivity index (χ1) is 7.61. The fourth-order valence-corrected chi connectivity index (χ4v) is 2.28. The van der Waals surface area contributed by atoms with E-state index in [9.17, 15) is 0 Å². The number of aryl methyl sites for hydroxylation is 4. The lowest BCUT2D eigenvalue weighted by atomic mass is 9.90. The van der Waals surface area contributed by atoms with E-state index >= 15 is 0 Å². The van der Waals surface area contributed by atoms with E-state index in [2.05, 4.69) is 64.1 Å². The maximum Gasteiger partial charge on any atom is -0.0120 e. The van der Waals surface area contributed by atoms with E-state index in [1.54, 1.807) is 0 Å². The standard InChI is InChI=1S/C16H16/c1-11-7-5-8-12(2)15(11)16-13(3)9-6-10-14(16)4/h7-10H,1-4H3. The Bertz CT molecular complexity index is 432. The van der Waals surface area contributed by atoms with Crippen LogP contribution in [0.4, 0.5) is 0 Å². The van der Waals surface area contributed by atoms with E-state index in [4.69, 9.17) is 0 Å². The van der Waals surface area contributed by atoms with Gasteiger partial charge in [-0.2, -0.15) is 0 Å². The quantitative estimate of drug-likeness (QED) is 0.659. The molecule has 2 radical (unpaired) electrons. The summed E-state index contributed by atoms with van der Waals surface area (Å²) in [5, 5.41) is 0. The number of hydrogen-bond donors (Lipinski definition) is 0. The predicted molar refractivity (Wildman–Crippen MR) is 68.5 cm³/mol. The zero-order chi connectivity index (χ0) is 11.7. The Morgan fingerprint density at radius 1 is 0.562 bits per heavy atom. The van der Waals surface area contributed by atoms with Crippen molar-refractivity contribution >= 4 is 0 Å². The van der Waals surface area contributed by atoms with Gasteiger partial charge in [-0.1, -0.05) is 24.3 Å².